The van der Waals surface area contributed by atoms with E-state index in [-0.39, 0.29) is 18.8 Å². The number of nitrogens with two attached hydrogens (primary N) is 1. The Labute approximate surface area is 169 Å². The molecule has 0 unspecified atom stereocenters. The van der Waals surface area contributed by atoms with Gasteiger partial charge in [-0.15, -0.1) is 0 Å². The molecule has 2 rings (SSSR count). The zero-order valence-electron chi connectivity index (χ0n) is 15.5. The molecule has 0 spiro atoms. The second-order valence-electron chi connectivity index (χ2n) is 4.97. The minimum absolute atomic E-state index is 0.0710. The van der Waals surface area contributed by atoms with Crippen LogP contribution in [0.1, 0.15) is 16.7 Å². The molecule has 0 radical (unpaired) electrons. The van der Waals surface area contributed by atoms with E-state index >= 15 is 0 Å². The van der Waals surface area contributed by atoms with Gasteiger partial charge in [0.05, 0.1) is 17.7 Å². The largest absolute Gasteiger partial charge is 0.493 e. The normalized spacial score (nSPS) is 9.93. The van der Waals surface area contributed by atoms with Crippen molar-refractivity contribution >= 4 is 6.72 Å². The van der Waals surface area contributed by atoms with E-state index in [1.165, 1.54) is 30.3 Å². The van der Waals surface area contributed by atoms with E-state index in [4.69, 9.17) is 15.3 Å². The molecule has 2 N–H and O–H groups in total. The summed E-state index contributed by atoms with van der Waals surface area (Å²) in [7, 11) is 0. The highest BCUT2D eigenvalue weighted by molar-refractivity contribution is 5.35. The highest BCUT2D eigenvalue weighted by Crippen LogP contribution is 2.36. The highest BCUT2D eigenvalue weighted by atomic mass is 19.4. The van der Waals surface area contributed by atoms with Gasteiger partial charge in [0.25, 0.3) is 0 Å². The first-order valence-electron chi connectivity index (χ1n) is 7.72. The van der Waals surface area contributed by atoms with E-state index in [0.717, 1.165) is 18.2 Å². The molecule has 162 valence electrons. The standard InChI is InChI=1S/C16H12F6O.CH4N2.2CHN/c17-15(18,19)12-7-5-11(6-8-12)9-10-23-14-4-2-1-3-13(14)16(20,21)22;1-3-2;2*1-2/h1-8H,9-10H2;1-2H2;2*1H. The van der Waals surface area contributed by atoms with Crippen LogP contribution in [-0.2, 0) is 18.8 Å². The molecule has 11 heteroatoms. The van der Waals surface area contributed by atoms with Crippen molar-refractivity contribution in [2.75, 3.05) is 6.61 Å². The average Bonchev–Trinajstić information content (AvgIpc) is 2.71. The first-order chi connectivity index (χ1) is 14.1. The molecule has 5 nitrogen and oxygen atoms in total. The van der Waals surface area contributed by atoms with E-state index in [1.54, 1.807) is 0 Å². The number of rotatable bonds is 4. The van der Waals surface area contributed by atoms with Crippen LogP contribution in [0.4, 0.5) is 26.3 Å². The molecule has 0 atom stereocenters. The summed E-state index contributed by atoms with van der Waals surface area (Å²) in [6, 6.07) is 9.21. The van der Waals surface area contributed by atoms with Crippen molar-refractivity contribution in [1.82, 2.24) is 0 Å². The maximum absolute atomic E-state index is 12.8. The fraction of sp³-hybridized carbons (Fsp3) is 0.211. The Hall–Kier alpha value is -3.73. The third-order valence-corrected chi connectivity index (χ3v) is 3.12. The number of hydrogen-bond donors (Lipinski definition) is 1. The molecular weight excluding hydrogens is 414 g/mol. The summed E-state index contributed by atoms with van der Waals surface area (Å²) in [6.07, 6.45) is -8.74. The molecule has 0 bridgehead atoms. The molecule has 0 amide bonds. The Morgan fingerprint density at radius 3 is 1.77 bits per heavy atom. The molecule has 0 aliphatic rings. The Morgan fingerprint density at radius 1 is 0.867 bits per heavy atom. The van der Waals surface area contributed by atoms with Crippen molar-refractivity contribution in [3.05, 3.63) is 65.2 Å². The van der Waals surface area contributed by atoms with Crippen molar-refractivity contribution in [1.29, 1.82) is 10.5 Å². The zero-order chi connectivity index (χ0) is 23.8. The topological polar surface area (TPSA) is 95.2 Å². The number of nitriles is 2. The molecule has 0 aromatic heterocycles. The SMILES string of the molecule is C#N.C#N.C=NN.FC(F)(F)c1ccc(CCOc2ccccc2C(F)(F)F)cc1. The van der Waals surface area contributed by atoms with E-state index in [2.05, 4.69) is 30.8 Å². The van der Waals surface area contributed by atoms with Crippen molar-refractivity contribution < 1.29 is 31.1 Å². The summed E-state index contributed by atoms with van der Waals surface area (Å²) in [4.78, 5) is 0. The Bertz CT molecular complexity index is 777. The fourth-order valence-corrected chi connectivity index (χ4v) is 1.97. The predicted molar refractivity (Wildman–Crippen MR) is 99.2 cm³/mol. The quantitative estimate of drug-likeness (QED) is 0.311. The van der Waals surface area contributed by atoms with Crippen LogP contribution in [-0.4, -0.2) is 13.3 Å². The van der Waals surface area contributed by atoms with Gasteiger partial charge in [-0.2, -0.15) is 31.4 Å². The minimum atomic E-state index is -4.52. The molecule has 0 saturated heterocycles. The van der Waals surface area contributed by atoms with Gasteiger partial charge in [-0.1, -0.05) is 24.3 Å². The van der Waals surface area contributed by atoms with Gasteiger partial charge in [-0.05, 0) is 29.8 Å². The maximum atomic E-state index is 12.8. The number of halogens is 6. The molecule has 2 aromatic rings. The second kappa shape index (κ2) is 14.3. The smallest absolute Gasteiger partial charge is 0.419 e. The van der Waals surface area contributed by atoms with Crippen LogP contribution in [0.25, 0.3) is 0 Å². The number of alkyl halides is 6. The van der Waals surface area contributed by atoms with Crippen LogP contribution in [0.15, 0.2) is 53.6 Å². The first kappa shape index (κ1) is 28.5. The van der Waals surface area contributed by atoms with Gasteiger partial charge in [0, 0.05) is 26.3 Å². The van der Waals surface area contributed by atoms with Gasteiger partial charge < -0.3 is 10.6 Å². The van der Waals surface area contributed by atoms with Crippen LogP contribution in [0.3, 0.4) is 0 Å². The van der Waals surface area contributed by atoms with Crippen LogP contribution < -0.4 is 10.6 Å². The van der Waals surface area contributed by atoms with E-state index in [1.807, 2.05) is 0 Å². The van der Waals surface area contributed by atoms with Crippen LogP contribution in [0, 0.1) is 23.7 Å². The lowest BCUT2D eigenvalue weighted by Gasteiger charge is -2.13. The van der Waals surface area contributed by atoms with Gasteiger partial charge in [-0.3, -0.25) is 0 Å². The molecule has 30 heavy (non-hydrogen) atoms. The van der Waals surface area contributed by atoms with E-state index in [9.17, 15) is 26.3 Å². The third-order valence-electron chi connectivity index (χ3n) is 3.12. The summed E-state index contributed by atoms with van der Waals surface area (Å²) in [6.45, 7) is 9.82. The highest BCUT2D eigenvalue weighted by Gasteiger charge is 2.34. The van der Waals surface area contributed by atoms with Gasteiger partial charge in [-0.25, -0.2) is 10.5 Å². The number of para-hydroxylation sites is 1. The number of ether oxygens (including phenoxy) is 1. The summed E-state index contributed by atoms with van der Waals surface area (Å²) in [5.74, 6) is 4.06. The van der Waals surface area contributed by atoms with Crippen LogP contribution in [0.5, 0.6) is 5.75 Å². The molecule has 0 aliphatic heterocycles. The lowest BCUT2D eigenvalue weighted by atomic mass is 10.1. The van der Waals surface area contributed by atoms with Gasteiger partial charge in [0.1, 0.15) is 5.75 Å². The van der Waals surface area contributed by atoms with Gasteiger partial charge in [0.15, 0.2) is 0 Å². The van der Waals surface area contributed by atoms with Gasteiger partial charge >= 0.3 is 12.4 Å². The predicted octanol–water partition coefficient (Wildman–Crippen LogP) is 5.19. The lowest BCUT2D eigenvalue weighted by Crippen LogP contribution is -2.10. The summed E-state index contributed by atoms with van der Waals surface area (Å²) in [5.41, 5.74) is -1.11. The lowest BCUT2D eigenvalue weighted by molar-refractivity contribution is -0.139. The molecule has 0 fully saturated rings. The third kappa shape index (κ3) is 10.6. The number of hydrogen-bond acceptors (Lipinski definition) is 5. The molecule has 0 saturated carbocycles. The summed E-state index contributed by atoms with van der Waals surface area (Å²) < 4.78 is 80.7. The van der Waals surface area contributed by atoms with E-state index < -0.39 is 23.5 Å². The molecule has 0 heterocycles. The number of benzene rings is 2. The minimum Gasteiger partial charge on any atom is -0.493 e. The Kier molecular flexibility index (Phi) is 13.6. The van der Waals surface area contributed by atoms with Crippen molar-refractivity contribution in [3.63, 3.8) is 0 Å². The van der Waals surface area contributed by atoms with Crippen LogP contribution >= 0.6 is 0 Å². The Morgan fingerprint density at radius 2 is 1.33 bits per heavy atom. The van der Waals surface area contributed by atoms with E-state index in [0.29, 0.717) is 5.56 Å². The van der Waals surface area contributed by atoms with Crippen molar-refractivity contribution in [2.45, 2.75) is 18.8 Å². The molecule has 0 aliphatic carbocycles. The molecule has 2 aromatic carbocycles. The maximum Gasteiger partial charge on any atom is 0.419 e. The summed E-state index contributed by atoms with van der Waals surface area (Å²) in [5, 5.41) is 15.8. The first-order valence-corrected chi connectivity index (χ1v) is 7.72. The fourth-order valence-electron chi connectivity index (χ4n) is 1.97. The Balaban J connectivity index is 0. The zero-order valence-corrected chi connectivity index (χ0v) is 15.5. The second-order valence-corrected chi connectivity index (χ2v) is 4.97. The van der Waals surface area contributed by atoms with Crippen molar-refractivity contribution in [2.24, 2.45) is 10.9 Å². The van der Waals surface area contributed by atoms with Crippen LogP contribution in [0.2, 0.25) is 0 Å². The number of hydrazone groups is 1. The summed E-state index contributed by atoms with van der Waals surface area (Å²) >= 11 is 0. The molecular formula is C19H18F6N4O. The average molecular weight is 432 g/mol. The monoisotopic (exact) mass is 432 g/mol. The number of nitrogens with zero attached hydrogens (tertiary/aromatic N) is 3. The van der Waals surface area contributed by atoms with Gasteiger partial charge in [0.2, 0.25) is 0 Å². The van der Waals surface area contributed by atoms with Crippen molar-refractivity contribution in [3.8, 4) is 18.9 Å².